The van der Waals surface area contributed by atoms with Crippen molar-refractivity contribution in [2.45, 2.75) is 24.9 Å². The van der Waals surface area contributed by atoms with E-state index in [0.29, 0.717) is 28.9 Å². The molecular formula is C26H21F6N3O2. The second kappa shape index (κ2) is 9.79. The van der Waals surface area contributed by atoms with Gasteiger partial charge < -0.3 is 15.1 Å². The van der Waals surface area contributed by atoms with Gasteiger partial charge in [0.25, 0.3) is 0 Å². The van der Waals surface area contributed by atoms with Gasteiger partial charge in [0.05, 0.1) is 17.2 Å². The molecule has 1 atom stereocenters. The van der Waals surface area contributed by atoms with Crippen LogP contribution in [0, 0.1) is 0 Å². The molecule has 1 aliphatic heterocycles. The highest BCUT2D eigenvalue weighted by molar-refractivity contribution is 5.96. The van der Waals surface area contributed by atoms with Crippen LogP contribution in [-0.4, -0.2) is 35.3 Å². The van der Waals surface area contributed by atoms with Crippen molar-refractivity contribution in [3.05, 3.63) is 101 Å². The first-order valence-electron chi connectivity index (χ1n) is 11.1. The number of hydrogen-bond acceptors (Lipinski definition) is 2. The molecule has 0 bridgehead atoms. The number of alkyl halides is 6. The maximum absolute atomic E-state index is 13.6. The van der Waals surface area contributed by atoms with Crippen LogP contribution in [0.4, 0.5) is 36.8 Å². The van der Waals surface area contributed by atoms with E-state index in [4.69, 9.17) is 0 Å². The maximum atomic E-state index is 13.6. The van der Waals surface area contributed by atoms with Crippen LogP contribution >= 0.6 is 0 Å². The van der Waals surface area contributed by atoms with E-state index in [-0.39, 0.29) is 18.2 Å². The summed E-state index contributed by atoms with van der Waals surface area (Å²) in [5, 5.41) is 2.74. The summed E-state index contributed by atoms with van der Waals surface area (Å²) in [5.74, 6) is -0.494. The molecule has 5 nitrogen and oxygen atoms in total. The molecule has 0 fully saturated rings. The Labute approximate surface area is 208 Å². The zero-order valence-electron chi connectivity index (χ0n) is 19.4. The van der Waals surface area contributed by atoms with Crippen LogP contribution in [0.1, 0.15) is 33.9 Å². The van der Waals surface area contributed by atoms with Crippen LogP contribution < -0.4 is 5.32 Å². The highest BCUT2D eigenvalue weighted by atomic mass is 19.4. The van der Waals surface area contributed by atoms with E-state index in [2.05, 4.69) is 5.32 Å². The third-order valence-corrected chi connectivity index (χ3v) is 5.91. The van der Waals surface area contributed by atoms with E-state index in [9.17, 15) is 35.9 Å². The number of carbonyl (C=O) groups excluding carboxylic acids is 2. The van der Waals surface area contributed by atoms with Gasteiger partial charge in [0.1, 0.15) is 6.54 Å². The van der Waals surface area contributed by atoms with Crippen molar-refractivity contribution in [3.63, 3.8) is 0 Å². The molecule has 3 aromatic carbocycles. The lowest BCUT2D eigenvalue weighted by atomic mass is 9.96. The van der Waals surface area contributed by atoms with E-state index < -0.39 is 48.0 Å². The number of nitrogens with zero attached hydrogens (tertiary/aromatic N) is 2. The molecule has 1 heterocycles. The standard InChI is InChI=1S/C26H21F6N3O2/c1-34(14-16-11-18(25(27,28)29)13-19(12-16)26(30,31)32)24(37)35-15-22(36)33-21-10-6-5-9-20(21)23(35)17-7-3-2-4-8-17/h2-13,23H,14-15H2,1H3,(H,33,36)/t23-/m0/s1. The Morgan fingerprint density at radius 3 is 2.08 bits per heavy atom. The van der Waals surface area contributed by atoms with Crippen LogP contribution in [0.3, 0.4) is 0 Å². The van der Waals surface area contributed by atoms with Gasteiger partial charge in [-0.05, 0) is 35.4 Å². The van der Waals surface area contributed by atoms with E-state index in [0.717, 1.165) is 4.90 Å². The Bertz CT molecular complexity index is 1280. The molecule has 0 spiro atoms. The maximum Gasteiger partial charge on any atom is 0.416 e. The van der Waals surface area contributed by atoms with Crippen molar-refractivity contribution < 1.29 is 35.9 Å². The number of hydrogen-bond donors (Lipinski definition) is 1. The zero-order chi connectivity index (χ0) is 27.0. The highest BCUT2D eigenvalue weighted by Gasteiger charge is 2.38. The molecule has 3 amide bonds. The topological polar surface area (TPSA) is 52.7 Å². The van der Waals surface area contributed by atoms with E-state index >= 15 is 0 Å². The number of rotatable bonds is 3. The summed E-state index contributed by atoms with van der Waals surface area (Å²) >= 11 is 0. The van der Waals surface area contributed by atoms with Crippen molar-refractivity contribution in [1.82, 2.24) is 9.80 Å². The second-order valence-corrected chi connectivity index (χ2v) is 8.63. The van der Waals surface area contributed by atoms with Crippen molar-refractivity contribution in [2.24, 2.45) is 0 Å². The van der Waals surface area contributed by atoms with Crippen molar-refractivity contribution in [2.75, 3.05) is 18.9 Å². The number of para-hydroxylation sites is 1. The summed E-state index contributed by atoms with van der Waals surface area (Å²) < 4.78 is 79.7. The molecule has 3 aromatic rings. The number of urea groups is 1. The Hall–Kier alpha value is -4.02. The van der Waals surface area contributed by atoms with Crippen LogP contribution in [0.15, 0.2) is 72.8 Å². The lowest BCUT2D eigenvalue weighted by Gasteiger charge is -2.34. The molecule has 0 unspecified atom stereocenters. The van der Waals surface area contributed by atoms with Crippen molar-refractivity contribution >= 4 is 17.6 Å². The minimum absolute atomic E-state index is 0.0345. The highest BCUT2D eigenvalue weighted by Crippen LogP contribution is 2.38. The third-order valence-electron chi connectivity index (χ3n) is 5.91. The molecule has 0 aliphatic carbocycles. The Morgan fingerprint density at radius 1 is 0.919 bits per heavy atom. The Balaban J connectivity index is 1.72. The molecular weight excluding hydrogens is 500 g/mol. The molecule has 0 saturated carbocycles. The van der Waals surface area contributed by atoms with Crippen LogP contribution in [0.25, 0.3) is 0 Å². The summed E-state index contributed by atoms with van der Waals surface area (Å²) in [7, 11) is 1.26. The molecule has 0 radical (unpaired) electrons. The van der Waals surface area contributed by atoms with Gasteiger partial charge in [-0.3, -0.25) is 4.79 Å². The smallest absolute Gasteiger partial charge is 0.324 e. The van der Waals surface area contributed by atoms with E-state index in [1.54, 1.807) is 54.6 Å². The first-order valence-corrected chi connectivity index (χ1v) is 11.1. The van der Waals surface area contributed by atoms with Crippen molar-refractivity contribution in [1.29, 1.82) is 0 Å². The third kappa shape index (κ3) is 5.71. The molecule has 194 valence electrons. The summed E-state index contributed by atoms with van der Waals surface area (Å²) in [6, 6.07) is 15.4. The second-order valence-electron chi connectivity index (χ2n) is 8.63. The molecule has 0 aromatic heterocycles. The number of halogens is 6. The lowest BCUT2D eigenvalue weighted by Crippen LogP contribution is -2.45. The van der Waals surface area contributed by atoms with Gasteiger partial charge in [-0.25, -0.2) is 4.79 Å². The predicted octanol–water partition coefficient (Wildman–Crippen LogP) is 6.32. The molecule has 37 heavy (non-hydrogen) atoms. The van der Waals surface area contributed by atoms with E-state index in [1.807, 2.05) is 0 Å². The first kappa shape index (κ1) is 26.1. The summed E-state index contributed by atoms with van der Waals surface area (Å²) in [5.41, 5.74) is -1.51. The number of carbonyl (C=O) groups is 2. The van der Waals surface area contributed by atoms with Gasteiger partial charge in [-0.15, -0.1) is 0 Å². The first-order chi connectivity index (χ1) is 17.3. The molecule has 1 aliphatic rings. The fourth-order valence-corrected chi connectivity index (χ4v) is 4.30. The molecule has 1 N–H and O–H groups in total. The quantitative estimate of drug-likeness (QED) is 0.410. The van der Waals surface area contributed by atoms with Gasteiger partial charge >= 0.3 is 18.4 Å². The average molecular weight is 521 g/mol. The Morgan fingerprint density at radius 2 is 1.49 bits per heavy atom. The summed E-state index contributed by atoms with van der Waals surface area (Å²) in [4.78, 5) is 28.5. The Kier molecular flexibility index (Phi) is 6.90. The fourth-order valence-electron chi connectivity index (χ4n) is 4.30. The number of fused-ring (bicyclic) bond motifs is 1. The lowest BCUT2D eigenvalue weighted by molar-refractivity contribution is -0.143. The van der Waals surface area contributed by atoms with Crippen molar-refractivity contribution in [3.8, 4) is 0 Å². The van der Waals surface area contributed by atoms with Gasteiger partial charge in [0.15, 0.2) is 0 Å². The molecule has 11 heteroatoms. The zero-order valence-corrected chi connectivity index (χ0v) is 19.4. The number of anilines is 1. The van der Waals surface area contributed by atoms with Gasteiger partial charge in [-0.1, -0.05) is 48.5 Å². The number of nitrogens with one attached hydrogen (secondary N) is 1. The van der Waals surface area contributed by atoms with Crippen LogP contribution in [-0.2, 0) is 23.7 Å². The molecule has 0 saturated heterocycles. The number of amides is 3. The molecule has 4 rings (SSSR count). The SMILES string of the molecule is CN(Cc1cc(C(F)(F)F)cc(C(F)(F)F)c1)C(=O)N1CC(=O)Nc2ccccc2[C@@H]1c1ccccc1. The fraction of sp³-hybridized carbons (Fsp3) is 0.231. The predicted molar refractivity (Wildman–Crippen MR) is 123 cm³/mol. The monoisotopic (exact) mass is 521 g/mol. The van der Waals surface area contributed by atoms with Gasteiger partial charge in [-0.2, -0.15) is 26.3 Å². The minimum Gasteiger partial charge on any atom is -0.324 e. The normalized spacial score (nSPS) is 16.0. The van der Waals surface area contributed by atoms with Gasteiger partial charge in [0.2, 0.25) is 5.91 Å². The summed E-state index contributed by atoms with van der Waals surface area (Å²) in [6.07, 6.45) is -10.0. The number of benzene rings is 3. The van der Waals surface area contributed by atoms with E-state index in [1.165, 1.54) is 11.9 Å². The van der Waals surface area contributed by atoms with Gasteiger partial charge in [0, 0.05) is 24.8 Å². The van der Waals surface area contributed by atoms with Crippen LogP contribution in [0.5, 0.6) is 0 Å². The average Bonchev–Trinajstić information content (AvgIpc) is 2.98. The minimum atomic E-state index is -5.01. The largest absolute Gasteiger partial charge is 0.416 e. The van der Waals surface area contributed by atoms with Crippen LogP contribution in [0.2, 0.25) is 0 Å². The summed E-state index contributed by atoms with van der Waals surface area (Å²) in [6.45, 7) is -0.930.